The fraction of sp³-hybridized carbons (Fsp3) is 0.875. The van der Waals surface area contributed by atoms with Gasteiger partial charge in [0.2, 0.25) is 5.91 Å². The van der Waals surface area contributed by atoms with Crippen molar-refractivity contribution in [1.82, 2.24) is 5.32 Å². The quantitative estimate of drug-likeness (QED) is 0.548. The smallest absolute Gasteiger partial charge is 0.222 e. The molecule has 0 heterocycles. The van der Waals surface area contributed by atoms with E-state index in [1.165, 1.54) is 0 Å². The summed E-state index contributed by atoms with van der Waals surface area (Å²) in [6.07, 6.45) is 0. The van der Waals surface area contributed by atoms with Gasteiger partial charge < -0.3 is 15.2 Å². The summed E-state index contributed by atoms with van der Waals surface area (Å²) in [6.45, 7) is 5.00. The molecule has 0 aliphatic heterocycles. The molecule has 1 amide bonds. The first-order valence-corrected chi connectivity index (χ1v) is 4.14. The molecule has 0 atom stereocenters. The molecule has 0 saturated carbocycles. The third-order valence-electron chi connectivity index (χ3n) is 1.31. The van der Waals surface area contributed by atoms with Crippen LogP contribution in [0.2, 0.25) is 0 Å². The van der Waals surface area contributed by atoms with Crippen LogP contribution in [-0.2, 0) is 9.53 Å². The van der Waals surface area contributed by atoms with Crippen molar-refractivity contribution in [3.63, 3.8) is 0 Å². The summed E-state index contributed by atoms with van der Waals surface area (Å²) in [4.78, 5) is 11.0. The number of carbonyl (C=O) groups excluding carboxylic acids is 1. The van der Waals surface area contributed by atoms with Gasteiger partial charge >= 0.3 is 0 Å². The number of hydrogen-bond donors (Lipinski definition) is 2. The van der Waals surface area contributed by atoms with Gasteiger partial charge in [0.25, 0.3) is 0 Å². The Hall–Kier alpha value is -0.610. The lowest BCUT2D eigenvalue weighted by molar-refractivity contribution is -0.124. The van der Waals surface area contributed by atoms with Crippen LogP contribution in [0.25, 0.3) is 0 Å². The summed E-state index contributed by atoms with van der Waals surface area (Å²) >= 11 is 0. The Bertz CT molecular complexity index is 125. The van der Waals surface area contributed by atoms with Crippen LogP contribution < -0.4 is 5.32 Å². The van der Waals surface area contributed by atoms with E-state index in [4.69, 9.17) is 9.84 Å². The van der Waals surface area contributed by atoms with E-state index in [0.717, 1.165) is 0 Å². The minimum Gasteiger partial charge on any atom is -0.394 e. The fourth-order valence-corrected chi connectivity index (χ4v) is 0.617. The highest BCUT2D eigenvalue weighted by Gasteiger charge is 2.04. The fourth-order valence-electron chi connectivity index (χ4n) is 0.617. The van der Waals surface area contributed by atoms with Crippen molar-refractivity contribution in [2.24, 2.45) is 5.92 Å². The molecule has 0 unspecified atom stereocenters. The molecular weight excluding hydrogens is 158 g/mol. The van der Waals surface area contributed by atoms with Gasteiger partial charge in [0, 0.05) is 12.5 Å². The third kappa shape index (κ3) is 6.12. The predicted molar refractivity (Wildman–Crippen MR) is 45.8 cm³/mol. The van der Waals surface area contributed by atoms with Crippen LogP contribution in [0, 0.1) is 5.92 Å². The van der Waals surface area contributed by atoms with Gasteiger partial charge in [0.15, 0.2) is 0 Å². The van der Waals surface area contributed by atoms with Crippen LogP contribution in [0.4, 0.5) is 0 Å². The maximum absolute atomic E-state index is 11.0. The lowest BCUT2D eigenvalue weighted by Gasteiger charge is -2.07. The van der Waals surface area contributed by atoms with E-state index in [2.05, 4.69) is 5.32 Å². The van der Waals surface area contributed by atoms with Crippen molar-refractivity contribution in [2.75, 3.05) is 26.4 Å². The van der Waals surface area contributed by atoms with E-state index in [-0.39, 0.29) is 18.4 Å². The topological polar surface area (TPSA) is 58.6 Å². The van der Waals surface area contributed by atoms with Gasteiger partial charge in [-0.1, -0.05) is 13.8 Å². The van der Waals surface area contributed by atoms with E-state index in [1.54, 1.807) is 0 Å². The van der Waals surface area contributed by atoms with Crippen molar-refractivity contribution < 1.29 is 14.6 Å². The summed E-state index contributed by atoms with van der Waals surface area (Å²) in [5, 5.41) is 11.0. The molecule has 0 fully saturated rings. The Morgan fingerprint density at radius 3 is 2.67 bits per heavy atom. The molecule has 0 bridgehead atoms. The van der Waals surface area contributed by atoms with E-state index >= 15 is 0 Å². The van der Waals surface area contributed by atoms with Crippen LogP contribution in [0.3, 0.4) is 0 Å². The lowest BCUT2D eigenvalue weighted by Crippen LogP contribution is -2.30. The molecule has 0 aliphatic rings. The average Bonchev–Trinajstić information content (AvgIpc) is 2.03. The minimum absolute atomic E-state index is 0.0165. The molecule has 2 N–H and O–H groups in total. The Kier molecular flexibility index (Phi) is 6.70. The summed E-state index contributed by atoms with van der Waals surface area (Å²) in [5.41, 5.74) is 0. The largest absolute Gasteiger partial charge is 0.394 e. The van der Waals surface area contributed by atoms with Gasteiger partial charge in [-0.15, -0.1) is 0 Å². The Labute approximate surface area is 72.9 Å². The maximum Gasteiger partial charge on any atom is 0.222 e. The minimum atomic E-state index is 0.0165. The van der Waals surface area contributed by atoms with Crippen LogP contribution in [0.1, 0.15) is 13.8 Å². The first-order valence-electron chi connectivity index (χ1n) is 4.14. The summed E-state index contributed by atoms with van der Waals surface area (Å²) < 4.78 is 4.95. The van der Waals surface area contributed by atoms with Gasteiger partial charge in [-0.25, -0.2) is 0 Å². The highest BCUT2D eigenvalue weighted by molar-refractivity contribution is 5.77. The molecule has 0 saturated heterocycles. The van der Waals surface area contributed by atoms with Gasteiger partial charge in [0.05, 0.1) is 19.8 Å². The molecule has 0 aliphatic carbocycles. The summed E-state index contributed by atoms with van der Waals surface area (Å²) in [6, 6.07) is 0. The summed E-state index contributed by atoms with van der Waals surface area (Å²) in [5.74, 6) is 0.0467. The molecule has 4 nitrogen and oxygen atoms in total. The van der Waals surface area contributed by atoms with Gasteiger partial charge in [-0.2, -0.15) is 0 Å². The SMILES string of the molecule is CC(C)C(=O)NCCOCCO. The van der Waals surface area contributed by atoms with E-state index in [0.29, 0.717) is 19.8 Å². The number of aliphatic hydroxyl groups is 1. The molecule has 0 aromatic rings. The van der Waals surface area contributed by atoms with E-state index in [9.17, 15) is 4.79 Å². The molecular formula is C8H17NO3. The average molecular weight is 175 g/mol. The van der Waals surface area contributed by atoms with Gasteiger partial charge in [0.1, 0.15) is 0 Å². The van der Waals surface area contributed by atoms with Crippen molar-refractivity contribution in [2.45, 2.75) is 13.8 Å². The monoisotopic (exact) mass is 175 g/mol. The molecule has 4 heteroatoms. The Morgan fingerprint density at radius 1 is 1.50 bits per heavy atom. The number of ether oxygens (including phenoxy) is 1. The number of nitrogens with one attached hydrogen (secondary N) is 1. The Balaban J connectivity index is 3.14. The zero-order valence-electron chi connectivity index (χ0n) is 7.67. The maximum atomic E-state index is 11.0. The number of amides is 1. The third-order valence-corrected chi connectivity index (χ3v) is 1.31. The second-order valence-corrected chi connectivity index (χ2v) is 2.78. The second-order valence-electron chi connectivity index (χ2n) is 2.78. The number of rotatable bonds is 6. The van der Waals surface area contributed by atoms with E-state index < -0.39 is 0 Å². The first kappa shape index (κ1) is 11.4. The Morgan fingerprint density at radius 2 is 2.17 bits per heavy atom. The molecule has 12 heavy (non-hydrogen) atoms. The first-order chi connectivity index (χ1) is 5.68. The normalized spacial score (nSPS) is 10.3. The highest BCUT2D eigenvalue weighted by atomic mass is 16.5. The second kappa shape index (κ2) is 7.06. The van der Waals surface area contributed by atoms with Crippen LogP contribution in [0.15, 0.2) is 0 Å². The molecule has 0 aromatic heterocycles. The van der Waals surface area contributed by atoms with Crippen molar-refractivity contribution in [3.05, 3.63) is 0 Å². The van der Waals surface area contributed by atoms with Crippen LogP contribution in [0.5, 0.6) is 0 Å². The number of aliphatic hydroxyl groups excluding tert-OH is 1. The van der Waals surface area contributed by atoms with Crippen LogP contribution in [-0.4, -0.2) is 37.4 Å². The molecule has 0 rings (SSSR count). The lowest BCUT2D eigenvalue weighted by atomic mass is 10.2. The summed E-state index contributed by atoms with van der Waals surface area (Å²) in [7, 11) is 0. The molecule has 0 spiro atoms. The highest BCUT2D eigenvalue weighted by Crippen LogP contribution is 1.89. The van der Waals surface area contributed by atoms with Gasteiger partial charge in [-0.05, 0) is 0 Å². The van der Waals surface area contributed by atoms with Crippen molar-refractivity contribution in [3.8, 4) is 0 Å². The molecule has 72 valence electrons. The van der Waals surface area contributed by atoms with Crippen LogP contribution >= 0.6 is 0 Å². The van der Waals surface area contributed by atoms with Crippen molar-refractivity contribution >= 4 is 5.91 Å². The molecule has 0 aromatic carbocycles. The zero-order chi connectivity index (χ0) is 9.40. The number of carbonyl (C=O) groups is 1. The van der Waals surface area contributed by atoms with Crippen molar-refractivity contribution in [1.29, 1.82) is 0 Å². The van der Waals surface area contributed by atoms with E-state index in [1.807, 2.05) is 13.8 Å². The standard InChI is InChI=1S/C8H17NO3/c1-7(2)8(11)9-3-5-12-6-4-10/h7,10H,3-6H2,1-2H3,(H,9,11). The predicted octanol–water partition coefficient (Wildman–Crippen LogP) is -0.233. The number of hydrogen-bond acceptors (Lipinski definition) is 3. The molecule has 0 radical (unpaired) electrons. The van der Waals surface area contributed by atoms with Gasteiger partial charge in [-0.3, -0.25) is 4.79 Å². The zero-order valence-corrected chi connectivity index (χ0v) is 7.67.